The van der Waals surface area contributed by atoms with E-state index in [2.05, 4.69) is 20.3 Å². The van der Waals surface area contributed by atoms with E-state index in [0.717, 1.165) is 12.3 Å². The number of anilines is 2. The minimum atomic E-state index is 0.167. The third kappa shape index (κ3) is 4.20. The molecule has 3 N–H and O–H groups in total. The van der Waals surface area contributed by atoms with Gasteiger partial charge in [-0.05, 0) is 13.2 Å². The number of ether oxygens (including phenoxy) is 1. The van der Waals surface area contributed by atoms with Crippen molar-refractivity contribution in [2.24, 2.45) is 0 Å². The number of nitrogens with one attached hydrogen (secondary N) is 1. The van der Waals surface area contributed by atoms with Gasteiger partial charge in [-0.1, -0.05) is 0 Å². The van der Waals surface area contributed by atoms with Crippen LogP contribution in [-0.4, -0.2) is 40.1 Å². The first kappa shape index (κ1) is 11.8. The summed E-state index contributed by atoms with van der Waals surface area (Å²) in [6.45, 7) is 3.16. The first-order valence-corrected chi connectivity index (χ1v) is 6.02. The van der Waals surface area contributed by atoms with Crippen LogP contribution in [0.5, 0.6) is 6.01 Å². The molecule has 0 aliphatic carbocycles. The van der Waals surface area contributed by atoms with Crippen LogP contribution < -0.4 is 15.8 Å². The molecule has 0 amide bonds. The molecule has 0 unspecified atom stereocenters. The molecule has 0 bridgehead atoms. The molecule has 0 saturated heterocycles. The summed E-state index contributed by atoms with van der Waals surface area (Å²) in [6.07, 6.45) is 2.04. The summed E-state index contributed by atoms with van der Waals surface area (Å²) in [5.74, 6) is 1.61. The highest BCUT2D eigenvalue weighted by Gasteiger charge is 2.03. The zero-order valence-corrected chi connectivity index (χ0v) is 9.67. The third-order valence-electron chi connectivity index (χ3n) is 1.49. The van der Waals surface area contributed by atoms with Crippen molar-refractivity contribution in [1.29, 1.82) is 0 Å². The third-order valence-corrected chi connectivity index (χ3v) is 2.11. The van der Waals surface area contributed by atoms with E-state index in [0.29, 0.717) is 12.6 Å². The fourth-order valence-corrected chi connectivity index (χ4v) is 1.22. The average Bonchev–Trinajstić information content (AvgIpc) is 2.18. The van der Waals surface area contributed by atoms with E-state index < -0.39 is 0 Å². The van der Waals surface area contributed by atoms with Crippen LogP contribution in [0, 0.1) is 0 Å². The van der Waals surface area contributed by atoms with Gasteiger partial charge in [0.25, 0.3) is 0 Å². The van der Waals surface area contributed by atoms with E-state index in [-0.39, 0.29) is 12.0 Å². The maximum atomic E-state index is 5.51. The highest BCUT2D eigenvalue weighted by molar-refractivity contribution is 7.98. The van der Waals surface area contributed by atoms with Crippen molar-refractivity contribution in [3.8, 4) is 6.01 Å². The van der Waals surface area contributed by atoms with Crippen molar-refractivity contribution in [3.63, 3.8) is 0 Å². The summed E-state index contributed by atoms with van der Waals surface area (Å²) >= 11 is 1.74. The standard InChI is InChI=1S/C8H15N5OS/c1-3-14-8-12-6(9)11-7(13-8)10-4-5-15-2/h3-5H2,1-2H3,(H3,9,10,11,12,13). The number of hydrogen-bond donors (Lipinski definition) is 2. The lowest BCUT2D eigenvalue weighted by atomic mass is 10.7. The van der Waals surface area contributed by atoms with Crippen LogP contribution >= 0.6 is 11.8 Å². The molecule has 0 atom stereocenters. The lowest BCUT2D eigenvalue weighted by Crippen LogP contribution is -2.11. The molecule has 0 radical (unpaired) electrons. The molecule has 0 saturated carbocycles. The van der Waals surface area contributed by atoms with Crippen molar-refractivity contribution in [1.82, 2.24) is 15.0 Å². The average molecular weight is 229 g/mol. The van der Waals surface area contributed by atoms with Gasteiger partial charge in [-0.15, -0.1) is 0 Å². The Balaban J connectivity index is 2.62. The van der Waals surface area contributed by atoms with Crippen molar-refractivity contribution in [2.45, 2.75) is 6.92 Å². The smallest absolute Gasteiger partial charge is 0.323 e. The van der Waals surface area contributed by atoms with Gasteiger partial charge in [-0.25, -0.2) is 0 Å². The molecule has 1 aromatic rings. The van der Waals surface area contributed by atoms with Gasteiger partial charge in [0.1, 0.15) is 0 Å². The Morgan fingerprint density at radius 2 is 2.20 bits per heavy atom. The molecule has 0 aromatic carbocycles. The molecule has 1 rings (SSSR count). The second-order valence-electron chi connectivity index (χ2n) is 2.65. The van der Waals surface area contributed by atoms with E-state index >= 15 is 0 Å². The molecule has 0 aliphatic rings. The summed E-state index contributed by atoms with van der Waals surface area (Å²) < 4.78 is 5.15. The van der Waals surface area contributed by atoms with E-state index in [1.54, 1.807) is 11.8 Å². The monoisotopic (exact) mass is 229 g/mol. The first-order chi connectivity index (χ1) is 7.26. The van der Waals surface area contributed by atoms with Gasteiger partial charge >= 0.3 is 6.01 Å². The molecule has 6 nitrogen and oxygen atoms in total. The van der Waals surface area contributed by atoms with Crippen LogP contribution in [0.1, 0.15) is 6.92 Å². The summed E-state index contributed by atoms with van der Waals surface area (Å²) in [7, 11) is 0. The van der Waals surface area contributed by atoms with Crippen molar-refractivity contribution < 1.29 is 4.74 Å². The fraction of sp³-hybridized carbons (Fsp3) is 0.625. The van der Waals surface area contributed by atoms with Crippen LogP contribution in [-0.2, 0) is 0 Å². The zero-order chi connectivity index (χ0) is 11.1. The molecule has 0 fully saturated rings. The molecular formula is C8H15N5OS. The Bertz CT molecular complexity index is 309. The van der Waals surface area contributed by atoms with Crippen LogP contribution in [0.4, 0.5) is 11.9 Å². The summed E-state index contributed by atoms with van der Waals surface area (Å²) in [6, 6.07) is 0.261. The molecule has 7 heteroatoms. The van der Waals surface area contributed by atoms with Gasteiger partial charge < -0.3 is 15.8 Å². The number of thioether (sulfide) groups is 1. The number of rotatable bonds is 6. The number of nitrogen functional groups attached to an aromatic ring is 1. The van der Waals surface area contributed by atoms with Crippen LogP contribution in [0.3, 0.4) is 0 Å². The van der Waals surface area contributed by atoms with Crippen LogP contribution in [0.2, 0.25) is 0 Å². The maximum absolute atomic E-state index is 5.51. The maximum Gasteiger partial charge on any atom is 0.323 e. The second-order valence-corrected chi connectivity index (χ2v) is 3.64. The number of nitrogens with two attached hydrogens (primary N) is 1. The molecular weight excluding hydrogens is 214 g/mol. The number of hydrogen-bond acceptors (Lipinski definition) is 7. The highest BCUT2D eigenvalue weighted by atomic mass is 32.2. The SMILES string of the molecule is CCOc1nc(N)nc(NCCSC)n1. The predicted octanol–water partition coefficient (Wildman–Crippen LogP) is 0.627. The fourth-order valence-electron chi connectivity index (χ4n) is 0.910. The van der Waals surface area contributed by atoms with Gasteiger partial charge in [0.2, 0.25) is 11.9 Å². The van der Waals surface area contributed by atoms with Crippen LogP contribution in [0.15, 0.2) is 0 Å². The summed E-state index contributed by atoms with van der Waals surface area (Å²) in [4.78, 5) is 11.8. The predicted molar refractivity (Wildman–Crippen MR) is 62.3 cm³/mol. The number of nitrogens with zero attached hydrogens (tertiary/aromatic N) is 3. The first-order valence-electron chi connectivity index (χ1n) is 4.63. The Morgan fingerprint density at radius 3 is 2.87 bits per heavy atom. The lowest BCUT2D eigenvalue weighted by molar-refractivity contribution is 0.312. The highest BCUT2D eigenvalue weighted by Crippen LogP contribution is 2.08. The van der Waals surface area contributed by atoms with Crippen molar-refractivity contribution in [3.05, 3.63) is 0 Å². The summed E-state index contributed by atoms with van der Waals surface area (Å²) in [5.41, 5.74) is 5.51. The molecule has 0 aliphatic heterocycles. The van der Waals surface area contributed by atoms with E-state index in [1.807, 2.05) is 13.2 Å². The molecule has 84 valence electrons. The van der Waals surface area contributed by atoms with E-state index in [9.17, 15) is 0 Å². The minimum Gasteiger partial charge on any atom is -0.464 e. The van der Waals surface area contributed by atoms with Gasteiger partial charge in [-0.3, -0.25) is 0 Å². The quantitative estimate of drug-likeness (QED) is 0.692. The van der Waals surface area contributed by atoms with Crippen LogP contribution in [0.25, 0.3) is 0 Å². The summed E-state index contributed by atoms with van der Waals surface area (Å²) in [5, 5.41) is 3.04. The van der Waals surface area contributed by atoms with Gasteiger partial charge in [0.15, 0.2) is 0 Å². The number of aromatic nitrogens is 3. The Labute approximate surface area is 93.0 Å². The zero-order valence-electron chi connectivity index (χ0n) is 8.86. The molecule has 1 heterocycles. The van der Waals surface area contributed by atoms with Crippen molar-refractivity contribution >= 4 is 23.7 Å². The van der Waals surface area contributed by atoms with Gasteiger partial charge in [-0.2, -0.15) is 26.7 Å². The van der Waals surface area contributed by atoms with E-state index in [1.165, 1.54) is 0 Å². The topological polar surface area (TPSA) is 86.0 Å². The molecule has 0 spiro atoms. The second kappa shape index (κ2) is 6.28. The molecule has 15 heavy (non-hydrogen) atoms. The van der Waals surface area contributed by atoms with Gasteiger partial charge in [0.05, 0.1) is 6.61 Å². The lowest BCUT2D eigenvalue weighted by Gasteiger charge is -2.06. The molecule has 1 aromatic heterocycles. The Kier molecular flexibility index (Phi) is 4.96. The largest absolute Gasteiger partial charge is 0.464 e. The normalized spacial score (nSPS) is 10.0. The van der Waals surface area contributed by atoms with Crippen molar-refractivity contribution in [2.75, 3.05) is 36.2 Å². The van der Waals surface area contributed by atoms with Gasteiger partial charge in [0, 0.05) is 12.3 Å². The Morgan fingerprint density at radius 1 is 1.40 bits per heavy atom. The Hall–Kier alpha value is -1.24. The minimum absolute atomic E-state index is 0.167. The van der Waals surface area contributed by atoms with E-state index in [4.69, 9.17) is 10.5 Å².